The Morgan fingerprint density at radius 1 is 0.477 bits per heavy atom. The van der Waals surface area contributed by atoms with Gasteiger partial charge in [-0.15, -0.1) is 0 Å². The average molecular weight is 909 g/mol. The van der Waals surface area contributed by atoms with E-state index in [1.807, 2.05) is 60.9 Å². The van der Waals surface area contributed by atoms with Gasteiger partial charge in [-0.05, 0) is 70.1 Å². The summed E-state index contributed by atoms with van der Waals surface area (Å²) in [6.07, 6.45) is 3.98. The van der Waals surface area contributed by atoms with Crippen LogP contribution in [0.5, 0.6) is 0 Å². The van der Waals surface area contributed by atoms with Gasteiger partial charge in [-0.3, -0.25) is 4.79 Å². The van der Waals surface area contributed by atoms with E-state index in [-0.39, 0.29) is 11.1 Å². The van der Waals surface area contributed by atoms with Crippen LogP contribution in [0.15, 0.2) is 175 Å². The molecule has 9 aromatic carbocycles. The van der Waals surface area contributed by atoms with Crippen molar-refractivity contribution in [1.29, 1.82) is 0 Å². The van der Waals surface area contributed by atoms with Crippen molar-refractivity contribution < 1.29 is 14.7 Å². The van der Waals surface area contributed by atoms with Crippen LogP contribution in [0.3, 0.4) is 0 Å². The van der Waals surface area contributed by atoms with Gasteiger partial charge in [0.2, 0.25) is 0 Å². The number of carbonyl (C=O) groups is 2. The molecule has 0 radical (unpaired) electrons. The highest BCUT2D eigenvalue weighted by Gasteiger charge is 2.20. The van der Waals surface area contributed by atoms with Gasteiger partial charge in [0, 0.05) is 77.0 Å². The van der Waals surface area contributed by atoms with Crippen molar-refractivity contribution in [3.8, 4) is 22.8 Å². The van der Waals surface area contributed by atoms with Crippen LogP contribution in [0.4, 0.5) is 5.69 Å². The lowest BCUT2D eigenvalue weighted by molar-refractivity contribution is 0.0692. The number of aromatic carboxylic acids is 1. The number of carboxylic acids is 1. The molecule has 1 amide bonds. The van der Waals surface area contributed by atoms with E-state index < -0.39 is 11.9 Å². The summed E-state index contributed by atoms with van der Waals surface area (Å²) >= 11 is 3.57. The van der Waals surface area contributed by atoms with E-state index in [0.717, 1.165) is 87.3 Å². The number of halogens is 1. The van der Waals surface area contributed by atoms with E-state index in [1.54, 1.807) is 12.1 Å². The molecule has 13 aromatic rings. The highest BCUT2D eigenvalue weighted by Crippen LogP contribution is 2.39. The molecule has 6 N–H and O–H groups in total. The van der Waals surface area contributed by atoms with E-state index in [1.165, 1.54) is 39.1 Å². The van der Waals surface area contributed by atoms with Crippen LogP contribution in [0.1, 0.15) is 20.7 Å². The topological polar surface area (TPSA) is 155 Å². The van der Waals surface area contributed by atoms with Gasteiger partial charge in [0.1, 0.15) is 11.6 Å². The number of fused-ring (bicyclic) bond motifs is 14. The smallest absolute Gasteiger partial charge is 0.336 e. The Bertz CT molecular complexity index is 4010. The molecule has 0 unspecified atom stereocenters. The molecule has 0 fully saturated rings. The second-order valence-electron chi connectivity index (χ2n) is 16.0. The molecule has 0 aliphatic rings. The van der Waals surface area contributed by atoms with Gasteiger partial charge in [-0.1, -0.05) is 125 Å². The number of aromatic amines is 4. The molecule has 13 rings (SSSR count). The molecule has 0 saturated carbocycles. The minimum atomic E-state index is -1.15. The number of hydrogen-bond donors (Lipinski definition) is 6. The Labute approximate surface area is 377 Å². The minimum Gasteiger partial charge on any atom is -0.478 e. The fourth-order valence-corrected chi connectivity index (χ4v) is 9.61. The number of nitrogens with zero attached hydrogens (tertiary/aromatic N) is 2. The molecule has 0 atom stereocenters. The molecule has 0 spiro atoms. The third kappa shape index (κ3) is 6.31. The van der Waals surface area contributed by atoms with Gasteiger partial charge in [0.15, 0.2) is 0 Å². The van der Waals surface area contributed by atoms with E-state index in [0.29, 0.717) is 5.69 Å². The van der Waals surface area contributed by atoms with Crippen LogP contribution in [0.2, 0.25) is 0 Å². The second-order valence-corrected chi connectivity index (χ2v) is 16.9. The predicted octanol–water partition coefficient (Wildman–Crippen LogP) is 13.7. The summed E-state index contributed by atoms with van der Waals surface area (Å²) in [6.45, 7) is 0. The number of carboxylic acid groups (broad SMARTS) is 1. The molecule has 4 aromatic heterocycles. The molecule has 0 bridgehead atoms. The SMILES string of the molecule is O=C(O)c1ccccc1C(=O)Nc1ccc2c3ccccc3c3nc(-c4c[nH]c5ccc(Br)cc45)[nH]c3c2c1.c1ccc2c(-c3nc4c5ccccc5c5ccccc5c4[nH]3)c[nH]c2c1. The molecular formula is C54H34BrN7O3. The zero-order chi connectivity index (χ0) is 43.8. The monoisotopic (exact) mass is 907 g/mol. The number of H-pyrrole nitrogens is 4. The van der Waals surface area contributed by atoms with Gasteiger partial charge in [0.25, 0.3) is 5.91 Å². The summed E-state index contributed by atoms with van der Waals surface area (Å²) in [4.78, 5) is 48.5. The van der Waals surface area contributed by atoms with Crippen LogP contribution in [0, 0.1) is 0 Å². The molecule has 65 heavy (non-hydrogen) atoms. The summed E-state index contributed by atoms with van der Waals surface area (Å²) in [6, 6.07) is 51.4. The second kappa shape index (κ2) is 15.1. The Balaban J connectivity index is 0.000000148. The number of para-hydroxylation sites is 1. The number of amides is 1. The lowest BCUT2D eigenvalue weighted by atomic mass is 9.99. The van der Waals surface area contributed by atoms with Crippen LogP contribution in [-0.2, 0) is 0 Å². The average Bonchev–Trinajstić information content (AvgIpc) is 4.17. The van der Waals surface area contributed by atoms with Crippen LogP contribution < -0.4 is 5.32 Å². The van der Waals surface area contributed by atoms with Gasteiger partial charge in [-0.2, -0.15) is 0 Å². The summed E-state index contributed by atoms with van der Waals surface area (Å²) in [5.74, 6) is -0.00317. The first-order chi connectivity index (χ1) is 31.9. The summed E-state index contributed by atoms with van der Waals surface area (Å²) in [5.41, 5.74) is 8.60. The molecule has 0 aliphatic heterocycles. The van der Waals surface area contributed by atoms with E-state index in [9.17, 15) is 14.7 Å². The number of carbonyl (C=O) groups excluding carboxylic acids is 1. The Morgan fingerprint density at radius 2 is 0.969 bits per heavy atom. The molecule has 4 heterocycles. The van der Waals surface area contributed by atoms with Gasteiger partial charge in [-0.25, -0.2) is 14.8 Å². The predicted molar refractivity (Wildman–Crippen MR) is 266 cm³/mol. The Kier molecular flexibility index (Phi) is 8.85. The molecule has 310 valence electrons. The van der Waals surface area contributed by atoms with Gasteiger partial charge >= 0.3 is 5.97 Å². The largest absolute Gasteiger partial charge is 0.478 e. The number of aromatic nitrogens is 6. The highest BCUT2D eigenvalue weighted by molar-refractivity contribution is 9.10. The molecule has 10 nitrogen and oxygen atoms in total. The molecule has 0 saturated heterocycles. The van der Waals surface area contributed by atoms with Gasteiger partial charge < -0.3 is 30.4 Å². The number of nitrogens with one attached hydrogen (secondary N) is 5. The molecule has 11 heteroatoms. The number of rotatable bonds is 5. The Hall–Kier alpha value is -8.54. The summed E-state index contributed by atoms with van der Waals surface area (Å²) < 4.78 is 0.979. The van der Waals surface area contributed by atoms with Crippen molar-refractivity contribution >= 4 is 120 Å². The fourth-order valence-electron chi connectivity index (χ4n) is 9.25. The van der Waals surface area contributed by atoms with Crippen molar-refractivity contribution in [2.75, 3.05) is 5.32 Å². The van der Waals surface area contributed by atoms with Crippen molar-refractivity contribution in [1.82, 2.24) is 29.9 Å². The normalized spacial score (nSPS) is 11.6. The van der Waals surface area contributed by atoms with Crippen LogP contribution in [0.25, 0.3) is 110 Å². The number of hydrogen-bond acceptors (Lipinski definition) is 4. The zero-order valence-electron chi connectivity index (χ0n) is 34.2. The van der Waals surface area contributed by atoms with Crippen molar-refractivity contribution in [2.45, 2.75) is 0 Å². The highest BCUT2D eigenvalue weighted by atomic mass is 79.9. The first-order valence-electron chi connectivity index (χ1n) is 21.0. The lowest BCUT2D eigenvalue weighted by Crippen LogP contribution is -2.16. The first kappa shape index (κ1) is 38.2. The maximum atomic E-state index is 13.1. The van der Waals surface area contributed by atoms with Crippen LogP contribution in [-0.4, -0.2) is 46.9 Å². The minimum absolute atomic E-state index is 0.0484. The van der Waals surface area contributed by atoms with E-state index in [2.05, 4.69) is 126 Å². The lowest BCUT2D eigenvalue weighted by Gasteiger charge is -2.11. The fraction of sp³-hybridized carbons (Fsp3) is 0. The first-order valence-corrected chi connectivity index (χ1v) is 21.8. The quantitative estimate of drug-likeness (QED) is 0.0949. The van der Waals surface area contributed by atoms with Crippen molar-refractivity contribution in [2.24, 2.45) is 0 Å². The third-order valence-corrected chi connectivity index (χ3v) is 12.7. The number of benzene rings is 9. The third-order valence-electron chi connectivity index (χ3n) is 12.2. The maximum Gasteiger partial charge on any atom is 0.336 e. The van der Waals surface area contributed by atoms with Crippen molar-refractivity contribution in [3.63, 3.8) is 0 Å². The summed E-state index contributed by atoms with van der Waals surface area (Å²) in [5, 5.41) is 23.5. The van der Waals surface area contributed by atoms with E-state index in [4.69, 9.17) is 9.97 Å². The van der Waals surface area contributed by atoms with Crippen LogP contribution >= 0.6 is 15.9 Å². The Morgan fingerprint density at radius 3 is 1.62 bits per heavy atom. The standard InChI is InChI=1S/C31H19BrN4O3.C23H15N3/c32-16-9-12-26-23(13-16)25(15-33-26)29-35-27-20-6-2-1-5-18(20)19-11-10-17(14-24(19)28(27)36-29)34-30(37)21-7-3-4-8-22(21)31(38)39;1-3-10-17-14(7-1)15-8-2-4-11-18(15)22-21(17)25-23(26-22)19-13-24-20-12-6-5-9-16(19)20/h1-15,33H,(H,34,37)(H,35,36)(H,38,39);1-13,24H,(H,25,26). The van der Waals surface area contributed by atoms with E-state index >= 15 is 0 Å². The number of anilines is 1. The maximum absolute atomic E-state index is 13.1. The zero-order valence-corrected chi connectivity index (χ0v) is 35.8. The summed E-state index contributed by atoms with van der Waals surface area (Å²) in [7, 11) is 0. The number of imidazole rings is 2. The van der Waals surface area contributed by atoms with Crippen molar-refractivity contribution in [3.05, 3.63) is 186 Å². The molecular weight excluding hydrogens is 875 g/mol. The molecule has 0 aliphatic carbocycles. The van der Waals surface area contributed by atoms with Gasteiger partial charge in [0.05, 0.1) is 33.2 Å².